The van der Waals surface area contributed by atoms with Crippen molar-refractivity contribution in [2.75, 3.05) is 5.75 Å². The van der Waals surface area contributed by atoms with E-state index in [1.807, 2.05) is 0 Å². The first-order valence-corrected chi connectivity index (χ1v) is 8.35. The summed E-state index contributed by atoms with van der Waals surface area (Å²) in [5.74, 6) is 2.78. The maximum Gasteiger partial charge on any atom is 0 e. The van der Waals surface area contributed by atoms with E-state index in [0.29, 0.717) is 0 Å². The number of thiol groups is 1. The van der Waals surface area contributed by atoms with Gasteiger partial charge in [-0.1, -0.05) is 57.8 Å². The van der Waals surface area contributed by atoms with E-state index in [9.17, 15) is 0 Å². The van der Waals surface area contributed by atoms with Crippen molar-refractivity contribution in [2.45, 2.75) is 83.5 Å². The zero-order valence-electron chi connectivity index (χ0n) is 11.8. The predicted molar refractivity (Wildman–Crippen MR) is 81.4 cm³/mol. The Bertz CT molecular complexity index is 144. The van der Waals surface area contributed by atoms with Gasteiger partial charge in [0.05, 0.1) is 0 Å². The molecule has 2 radical (unpaired) electrons. The number of hydrogen-bond donors (Lipinski definition) is 1. The van der Waals surface area contributed by atoms with Gasteiger partial charge in [-0.3, -0.25) is 0 Å². The van der Waals surface area contributed by atoms with Crippen molar-refractivity contribution in [2.24, 2.45) is 0 Å². The van der Waals surface area contributed by atoms with E-state index < -0.39 is 0 Å². The summed E-state index contributed by atoms with van der Waals surface area (Å²) >= 11 is 4.20. The largest absolute Gasteiger partial charge is 0.179 e. The molecule has 2 aliphatic carbocycles. The summed E-state index contributed by atoms with van der Waals surface area (Å²) in [6.07, 6.45) is 20.9. The van der Waals surface area contributed by atoms with Crippen molar-refractivity contribution < 1.29 is 17.1 Å². The zero-order valence-corrected chi connectivity index (χ0v) is 13.8. The molecule has 0 aromatic heterocycles. The molecule has 0 aromatic carbocycles. The second-order valence-corrected chi connectivity index (χ2v) is 5.86. The molecule has 2 fully saturated rings. The number of unbranched alkanes of at least 4 members (excludes halogenated alkanes) is 3. The van der Waals surface area contributed by atoms with Gasteiger partial charge in [-0.2, -0.15) is 12.6 Å². The summed E-state index contributed by atoms with van der Waals surface area (Å²) in [5, 5.41) is 0. The maximum atomic E-state index is 4.20. The molecule has 0 nitrogen and oxygen atoms in total. The fraction of sp³-hybridized carbons (Fsp3) is 0.875. The van der Waals surface area contributed by atoms with Crippen molar-refractivity contribution in [3.63, 3.8) is 0 Å². The minimum Gasteiger partial charge on any atom is -0.179 e. The molecule has 0 N–H and O–H groups in total. The van der Waals surface area contributed by atoms with E-state index in [-0.39, 0.29) is 17.1 Å². The van der Waals surface area contributed by atoms with Crippen LogP contribution in [-0.2, 0) is 17.1 Å². The van der Waals surface area contributed by atoms with Crippen LogP contribution in [0.3, 0.4) is 0 Å². The Balaban J connectivity index is 0.000000405. The molecule has 18 heavy (non-hydrogen) atoms. The van der Waals surface area contributed by atoms with E-state index in [2.05, 4.69) is 19.0 Å². The summed E-state index contributed by atoms with van der Waals surface area (Å²) in [5.41, 5.74) is 0. The molecule has 2 heteroatoms. The van der Waals surface area contributed by atoms with Crippen LogP contribution >= 0.6 is 12.6 Å². The molecule has 0 amide bonds. The first kappa shape index (κ1) is 18.9. The van der Waals surface area contributed by atoms with E-state index >= 15 is 0 Å². The van der Waals surface area contributed by atoms with Gasteiger partial charge in [-0.05, 0) is 43.8 Å². The Morgan fingerprint density at radius 1 is 0.833 bits per heavy atom. The summed E-state index contributed by atoms with van der Waals surface area (Å²) in [6.45, 7) is 0. The Hall–Kier alpha value is 0.869. The van der Waals surface area contributed by atoms with Crippen LogP contribution in [0, 0.1) is 12.3 Å². The minimum atomic E-state index is 0. The third kappa shape index (κ3) is 10.8. The molecule has 0 heterocycles. The normalized spacial score (nSPS) is 19.2. The van der Waals surface area contributed by atoms with E-state index in [0.717, 1.165) is 5.75 Å². The van der Waals surface area contributed by atoms with E-state index in [1.165, 1.54) is 83.5 Å². The van der Waals surface area contributed by atoms with E-state index in [4.69, 9.17) is 0 Å². The third-order valence-corrected chi connectivity index (χ3v) is 4.11. The van der Waals surface area contributed by atoms with Crippen molar-refractivity contribution in [3.05, 3.63) is 12.3 Å². The average Bonchev–Trinajstić information content (AvgIpc) is 3.05. The Kier molecular flexibility index (Phi) is 15.0. The Morgan fingerprint density at radius 3 is 1.94 bits per heavy atom. The standard InChI is InChI=1S/C11H20S.C5H10.Fe/c12-10-6-2-1-3-7-11-8-4-5-9-11;1-2-4-5-3-1;/h8,12H,1-7,9-10H2;1-5H2;. The Morgan fingerprint density at radius 2 is 1.44 bits per heavy atom. The van der Waals surface area contributed by atoms with Gasteiger partial charge < -0.3 is 0 Å². The summed E-state index contributed by atoms with van der Waals surface area (Å²) in [6, 6.07) is 0. The Labute approximate surface area is 131 Å². The van der Waals surface area contributed by atoms with Gasteiger partial charge in [-0.25, -0.2) is 0 Å². The van der Waals surface area contributed by atoms with Crippen molar-refractivity contribution in [3.8, 4) is 0 Å². The van der Waals surface area contributed by atoms with Crippen molar-refractivity contribution in [1.29, 1.82) is 0 Å². The van der Waals surface area contributed by atoms with Gasteiger partial charge in [-0.15, -0.1) is 0 Å². The quantitative estimate of drug-likeness (QED) is 0.359. The molecule has 108 valence electrons. The second-order valence-electron chi connectivity index (χ2n) is 5.41. The zero-order chi connectivity index (χ0) is 12.2. The van der Waals surface area contributed by atoms with Gasteiger partial charge in [0, 0.05) is 17.1 Å². The van der Waals surface area contributed by atoms with Crippen LogP contribution in [-0.4, -0.2) is 5.75 Å². The number of rotatable bonds is 6. The molecule has 2 saturated carbocycles. The first-order chi connectivity index (χ1) is 8.43. The first-order valence-electron chi connectivity index (χ1n) is 7.72. The molecule has 2 rings (SSSR count). The van der Waals surface area contributed by atoms with Crippen LogP contribution in [0.5, 0.6) is 0 Å². The SMILES string of the molecule is C1CCCC1.SCCCCCC[C]1[CH]CCC1.[Fe]. The van der Waals surface area contributed by atoms with Crippen LogP contribution in [0.25, 0.3) is 0 Å². The summed E-state index contributed by atoms with van der Waals surface area (Å²) in [4.78, 5) is 0. The van der Waals surface area contributed by atoms with Crippen LogP contribution in [0.4, 0.5) is 0 Å². The van der Waals surface area contributed by atoms with Gasteiger partial charge >= 0.3 is 0 Å². The second kappa shape index (κ2) is 14.3. The number of hydrogen-bond acceptors (Lipinski definition) is 1. The molecule has 0 saturated heterocycles. The molecular weight excluding hydrogens is 280 g/mol. The van der Waals surface area contributed by atoms with Gasteiger partial charge in [0.1, 0.15) is 0 Å². The third-order valence-electron chi connectivity index (χ3n) is 3.79. The molecule has 0 aromatic rings. The van der Waals surface area contributed by atoms with Crippen molar-refractivity contribution in [1.82, 2.24) is 0 Å². The predicted octanol–water partition coefficient (Wildman–Crippen LogP) is 5.78. The molecule has 0 bridgehead atoms. The molecule has 0 spiro atoms. The van der Waals surface area contributed by atoms with Crippen LogP contribution < -0.4 is 0 Å². The van der Waals surface area contributed by atoms with Crippen LogP contribution in [0.1, 0.15) is 83.5 Å². The van der Waals surface area contributed by atoms with Gasteiger partial charge in [0.2, 0.25) is 0 Å². The molecular formula is C16H30FeS. The monoisotopic (exact) mass is 310 g/mol. The summed E-state index contributed by atoms with van der Waals surface area (Å²) in [7, 11) is 0. The van der Waals surface area contributed by atoms with Crippen LogP contribution in [0.15, 0.2) is 0 Å². The van der Waals surface area contributed by atoms with E-state index in [1.54, 1.807) is 5.92 Å². The van der Waals surface area contributed by atoms with Gasteiger partial charge in [0.15, 0.2) is 0 Å². The summed E-state index contributed by atoms with van der Waals surface area (Å²) < 4.78 is 0. The smallest absolute Gasteiger partial charge is 0 e. The van der Waals surface area contributed by atoms with Crippen molar-refractivity contribution >= 4 is 12.6 Å². The molecule has 0 unspecified atom stereocenters. The maximum absolute atomic E-state index is 4.20. The molecule has 0 atom stereocenters. The van der Waals surface area contributed by atoms with Crippen LogP contribution in [0.2, 0.25) is 0 Å². The fourth-order valence-corrected chi connectivity index (χ4v) is 2.89. The average molecular weight is 310 g/mol. The topological polar surface area (TPSA) is 0 Å². The molecule has 2 aliphatic rings. The fourth-order valence-electron chi connectivity index (χ4n) is 2.67. The minimum absolute atomic E-state index is 0. The molecule has 0 aliphatic heterocycles. The van der Waals surface area contributed by atoms with Gasteiger partial charge in [0.25, 0.3) is 0 Å².